The fraction of sp³-hybridized carbons (Fsp3) is 0.308. The van der Waals surface area contributed by atoms with Gasteiger partial charge in [0.1, 0.15) is 5.01 Å². The van der Waals surface area contributed by atoms with Gasteiger partial charge in [-0.15, -0.1) is 11.3 Å². The Morgan fingerprint density at radius 2 is 2.22 bits per heavy atom. The zero-order valence-corrected chi connectivity index (χ0v) is 11.7. The number of nitrogens with one attached hydrogen (secondary N) is 1. The van der Waals surface area contributed by atoms with Crippen LogP contribution in [0.25, 0.3) is 10.6 Å². The van der Waals surface area contributed by atoms with Crippen LogP contribution in [-0.2, 0) is 11.3 Å². The molecule has 0 aliphatic heterocycles. The third kappa shape index (κ3) is 3.53. The highest BCUT2D eigenvalue weighted by atomic mass is 35.5. The van der Waals surface area contributed by atoms with Gasteiger partial charge < -0.3 is 10.1 Å². The summed E-state index contributed by atoms with van der Waals surface area (Å²) in [6, 6.07) is 7.77. The third-order valence-corrected chi connectivity index (χ3v) is 3.80. The molecule has 0 fully saturated rings. The van der Waals surface area contributed by atoms with Crippen molar-refractivity contribution in [2.24, 2.45) is 0 Å². The van der Waals surface area contributed by atoms with Crippen LogP contribution < -0.4 is 5.32 Å². The second kappa shape index (κ2) is 6.85. The summed E-state index contributed by atoms with van der Waals surface area (Å²) in [5, 5.41) is 5.00. The molecule has 0 saturated heterocycles. The van der Waals surface area contributed by atoms with Crippen molar-refractivity contribution in [3.8, 4) is 10.6 Å². The van der Waals surface area contributed by atoms with E-state index < -0.39 is 0 Å². The minimum absolute atomic E-state index is 0.718. The predicted octanol–water partition coefficient (Wildman–Crippen LogP) is 3.20. The number of methoxy groups -OCH3 is 1. The maximum atomic E-state index is 6.15. The molecule has 96 valence electrons. The fourth-order valence-electron chi connectivity index (χ4n) is 1.53. The van der Waals surface area contributed by atoms with Crippen molar-refractivity contribution in [3.05, 3.63) is 40.4 Å². The Kier molecular flexibility index (Phi) is 5.13. The normalized spacial score (nSPS) is 10.8. The molecule has 0 aliphatic rings. The highest BCUT2D eigenvalue weighted by Crippen LogP contribution is 2.30. The van der Waals surface area contributed by atoms with Gasteiger partial charge in [0, 0.05) is 36.8 Å². The number of halogens is 1. The predicted molar refractivity (Wildman–Crippen MR) is 76.1 cm³/mol. The van der Waals surface area contributed by atoms with Crippen LogP contribution in [0.15, 0.2) is 30.5 Å². The standard InChI is InChI=1S/C13H15ClN2OS/c1-17-7-6-15-8-10-9-16-13(18-10)11-4-2-3-5-12(11)14/h2-5,9,15H,6-8H2,1H3. The first-order valence-electron chi connectivity index (χ1n) is 5.70. The van der Waals surface area contributed by atoms with E-state index in [1.54, 1.807) is 18.4 Å². The highest BCUT2D eigenvalue weighted by Gasteiger charge is 2.07. The molecular weight excluding hydrogens is 268 g/mol. The molecule has 0 aliphatic carbocycles. The first-order valence-corrected chi connectivity index (χ1v) is 6.90. The molecule has 18 heavy (non-hydrogen) atoms. The first-order chi connectivity index (χ1) is 8.81. The van der Waals surface area contributed by atoms with Gasteiger partial charge in [-0.3, -0.25) is 0 Å². The minimum Gasteiger partial charge on any atom is -0.383 e. The van der Waals surface area contributed by atoms with Crippen LogP contribution in [0.4, 0.5) is 0 Å². The summed E-state index contributed by atoms with van der Waals surface area (Å²) in [6.45, 7) is 2.37. The number of aromatic nitrogens is 1. The molecule has 1 aromatic carbocycles. The largest absolute Gasteiger partial charge is 0.383 e. The Bertz CT molecular complexity index is 501. The first kappa shape index (κ1) is 13.5. The van der Waals surface area contributed by atoms with Crippen LogP contribution >= 0.6 is 22.9 Å². The Labute approximate surface area is 116 Å². The van der Waals surface area contributed by atoms with Crippen LogP contribution in [0.2, 0.25) is 5.02 Å². The highest BCUT2D eigenvalue weighted by molar-refractivity contribution is 7.15. The second-order valence-corrected chi connectivity index (χ2v) is 5.30. The average molecular weight is 283 g/mol. The van der Waals surface area contributed by atoms with Crippen LogP contribution in [0, 0.1) is 0 Å². The number of thiazole rings is 1. The summed E-state index contributed by atoms with van der Waals surface area (Å²) in [4.78, 5) is 5.60. The summed E-state index contributed by atoms with van der Waals surface area (Å²) in [5.41, 5.74) is 0.993. The molecule has 0 spiro atoms. The second-order valence-electron chi connectivity index (χ2n) is 3.78. The smallest absolute Gasteiger partial charge is 0.125 e. The Morgan fingerprint density at radius 1 is 1.39 bits per heavy atom. The zero-order chi connectivity index (χ0) is 12.8. The number of hydrogen-bond acceptors (Lipinski definition) is 4. The Morgan fingerprint density at radius 3 is 3.00 bits per heavy atom. The van der Waals surface area contributed by atoms with Crippen molar-refractivity contribution >= 4 is 22.9 Å². The van der Waals surface area contributed by atoms with Gasteiger partial charge in [0.25, 0.3) is 0 Å². The molecule has 0 saturated carbocycles. The van der Waals surface area contributed by atoms with Crippen LogP contribution in [0.3, 0.4) is 0 Å². The van der Waals surface area contributed by atoms with Gasteiger partial charge in [0.15, 0.2) is 0 Å². The van der Waals surface area contributed by atoms with E-state index in [2.05, 4.69) is 10.3 Å². The molecule has 0 unspecified atom stereocenters. The number of hydrogen-bond donors (Lipinski definition) is 1. The van der Waals surface area contributed by atoms with E-state index in [0.29, 0.717) is 0 Å². The molecule has 1 aromatic heterocycles. The lowest BCUT2D eigenvalue weighted by molar-refractivity contribution is 0.199. The third-order valence-electron chi connectivity index (χ3n) is 2.44. The quantitative estimate of drug-likeness (QED) is 0.826. The van der Waals surface area contributed by atoms with Gasteiger partial charge in [0.2, 0.25) is 0 Å². The van der Waals surface area contributed by atoms with Gasteiger partial charge >= 0.3 is 0 Å². The molecule has 0 amide bonds. The maximum Gasteiger partial charge on any atom is 0.125 e. The number of benzene rings is 1. The summed E-state index contributed by atoms with van der Waals surface area (Å²) in [5.74, 6) is 0. The van der Waals surface area contributed by atoms with E-state index in [1.165, 1.54) is 4.88 Å². The average Bonchev–Trinajstić information content (AvgIpc) is 2.84. The number of rotatable bonds is 6. The summed E-state index contributed by atoms with van der Waals surface area (Å²) in [7, 11) is 1.70. The molecular formula is C13H15ClN2OS. The monoisotopic (exact) mass is 282 g/mol. The Hall–Kier alpha value is -0.940. The molecule has 0 radical (unpaired) electrons. The van der Waals surface area contributed by atoms with Gasteiger partial charge in [-0.1, -0.05) is 29.8 Å². The van der Waals surface area contributed by atoms with Gasteiger partial charge in [-0.2, -0.15) is 0 Å². The summed E-state index contributed by atoms with van der Waals surface area (Å²) in [6.07, 6.45) is 1.89. The molecule has 2 rings (SSSR count). The summed E-state index contributed by atoms with van der Waals surface area (Å²) < 4.78 is 4.98. The van der Waals surface area contributed by atoms with Crippen molar-refractivity contribution in [2.75, 3.05) is 20.3 Å². The van der Waals surface area contributed by atoms with E-state index in [-0.39, 0.29) is 0 Å². The minimum atomic E-state index is 0.718. The zero-order valence-electron chi connectivity index (χ0n) is 10.1. The van der Waals surface area contributed by atoms with E-state index in [0.717, 1.165) is 35.3 Å². The van der Waals surface area contributed by atoms with E-state index in [4.69, 9.17) is 16.3 Å². The van der Waals surface area contributed by atoms with E-state index in [1.807, 2.05) is 30.5 Å². The molecule has 2 aromatic rings. The molecule has 5 heteroatoms. The molecule has 3 nitrogen and oxygen atoms in total. The van der Waals surface area contributed by atoms with Crippen molar-refractivity contribution in [2.45, 2.75) is 6.54 Å². The molecule has 1 N–H and O–H groups in total. The SMILES string of the molecule is COCCNCc1cnc(-c2ccccc2Cl)s1. The van der Waals surface area contributed by atoms with Crippen LogP contribution in [0.5, 0.6) is 0 Å². The van der Waals surface area contributed by atoms with Gasteiger partial charge in [-0.25, -0.2) is 4.98 Å². The van der Waals surface area contributed by atoms with Crippen LogP contribution in [-0.4, -0.2) is 25.2 Å². The van der Waals surface area contributed by atoms with Crippen molar-refractivity contribution in [1.29, 1.82) is 0 Å². The number of nitrogens with zero attached hydrogens (tertiary/aromatic N) is 1. The molecule has 1 heterocycles. The van der Waals surface area contributed by atoms with Gasteiger partial charge in [-0.05, 0) is 6.07 Å². The lowest BCUT2D eigenvalue weighted by atomic mass is 10.2. The van der Waals surface area contributed by atoms with Gasteiger partial charge in [0.05, 0.1) is 11.6 Å². The van der Waals surface area contributed by atoms with Crippen molar-refractivity contribution < 1.29 is 4.74 Å². The Balaban J connectivity index is 2.00. The van der Waals surface area contributed by atoms with E-state index in [9.17, 15) is 0 Å². The molecule has 0 bridgehead atoms. The topological polar surface area (TPSA) is 34.1 Å². The maximum absolute atomic E-state index is 6.15. The lowest BCUT2D eigenvalue weighted by Crippen LogP contribution is -2.17. The molecule has 0 atom stereocenters. The van der Waals surface area contributed by atoms with E-state index >= 15 is 0 Å². The lowest BCUT2D eigenvalue weighted by Gasteiger charge is -2.00. The number of ether oxygens (including phenoxy) is 1. The van der Waals surface area contributed by atoms with Crippen LogP contribution in [0.1, 0.15) is 4.88 Å². The van der Waals surface area contributed by atoms with Crippen molar-refractivity contribution in [3.63, 3.8) is 0 Å². The summed E-state index contributed by atoms with van der Waals surface area (Å²) >= 11 is 7.81. The van der Waals surface area contributed by atoms with Crippen molar-refractivity contribution in [1.82, 2.24) is 10.3 Å². The fourth-order valence-corrected chi connectivity index (χ4v) is 2.74.